The molecule has 1 N–H and O–H groups in total. The van der Waals surface area contributed by atoms with Crippen molar-refractivity contribution in [1.29, 1.82) is 0 Å². The highest BCUT2D eigenvalue weighted by molar-refractivity contribution is 6.60. The molecule has 1 rings (SSSR count). The predicted molar refractivity (Wildman–Crippen MR) is 89.6 cm³/mol. The van der Waals surface area contributed by atoms with Gasteiger partial charge < -0.3 is 18.6 Å². The first-order chi connectivity index (χ1) is 10.3. The van der Waals surface area contributed by atoms with Gasteiger partial charge in [-0.3, -0.25) is 0 Å². The second kappa shape index (κ2) is 10.8. The number of benzene rings is 1. The largest absolute Gasteiger partial charge is 0.500 e. The zero-order chi connectivity index (χ0) is 15.4. The van der Waals surface area contributed by atoms with E-state index in [9.17, 15) is 0 Å². The summed E-state index contributed by atoms with van der Waals surface area (Å²) < 4.78 is 16.2. The van der Waals surface area contributed by atoms with Crippen molar-refractivity contribution in [1.82, 2.24) is 0 Å². The number of nitrogens with one attached hydrogen (secondary N) is 1. The molecule has 0 atom stereocenters. The molecule has 0 spiro atoms. The van der Waals surface area contributed by atoms with Gasteiger partial charge in [-0.15, -0.1) is 0 Å². The van der Waals surface area contributed by atoms with E-state index in [2.05, 4.69) is 29.6 Å². The maximum absolute atomic E-state index is 5.41. The first-order valence-electron chi connectivity index (χ1n) is 7.70. The summed E-state index contributed by atoms with van der Waals surface area (Å²) in [5.74, 6) is 0. The summed E-state index contributed by atoms with van der Waals surface area (Å²) in [6, 6.07) is 11.3. The van der Waals surface area contributed by atoms with E-state index in [4.69, 9.17) is 13.3 Å². The normalized spacial score (nSPS) is 11.6. The molecule has 0 fully saturated rings. The Bertz CT molecular complexity index is 350. The standard InChI is InChI=1S/C16H29NO3Si/c1-18-21(19-2,20-3)15-11-6-4-5-10-14-17-16-12-8-7-9-13-16/h7-9,12-13,17H,4-6,10-11,14-15H2,1-3H3. The molecule has 0 aliphatic heterocycles. The van der Waals surface area contributed by atoms with Crippen LogP contribution in [0, 0.1) is 0 Å². The minimum atomic E-state index is -2.35. The average molecular weight is 311 g/mol. The summed E-state index contributed by atoms with van der Waals surface area (Å²) in [7, 11) is 2.68. The van der Waals surface area contributed by atoms with Crippen LogP contribution < -0.4 is 5.32 Å². The van der Waals surface area contributed by atoms with Gasteiger partial charge in [-0.2, -0.15) is 0 Å². The molecule has 0 amide bonds. The number of unbranched alkanes of at least 4 members (excludes halogenated alkanes) is 4. The van der Waals surface area contributed by atoms with Gasteiger partial charge in [0.2, 0.25) is 0 Å². The van der Waals surface area contributed by atoms with Crippen LogP contribution in [0.5, 0.6) is 0 Å². The van der Waals surface area contributed by atoms with Gasteiger partial charge in [-0.1, -0.05) is 37.5 Å². The van der Waals surface area contributed by atoms with Gasteiger partial charge in [0.25, 0.3) is 0 Å². The van der Waals surface area contributed by atoms with Crippen molar-refractivity contribution in [3.8, 4) is 0 Å². The minimum absolute atomic E-state index is 0.902. The van der Waals surface area contributed by atoms with E-state index in [1.54, 1.807) is 21.3 Å². The Morgan fingerprint density at radius 3 is 2.00 bits per heavy atom. The van der Waals surface area contributed by atoms with Crippen LogP contribution in [0.2, 0.25) is 6.04 Å². The summed E-state index contributed by atoms with van der Waals surface area (Å²) in [4.78, 5) is 0. The third-order valence-electron chi connectivity index (χ3n) is 3.70. The Balaban J connectivity index is 2.00. The molecule has 0 aliphatic rings. The Morgan fingerprint density at radius 2 is 1.38 bits per heavy atom. The van der Waals surface area contributed by atoms with E-state index >= 15 is 0 Å². The predicted octanol–water partition coefficient (Wildman–Crippen LogP) is 3.93. The highest BCUT2D eigenvalue weighted by Crippen LogP contribution is 2.18. The second-order valence-corrected chi connectivity index (χ2v) is 8.20. The van der Waals surface area contributed by atoms with Gasteiger partial charge in [-0.25, -0.2) is 0 Å². The third-order valence-corrected chi connectivity index (χ3v) is 6.53. The quantitative estimate of drug-likeness (QED) is 0.469. The van der Waals surface area contributed by atoms with Crippen LogP contribution in [-0.2, 0) is 13.3 Å². The molecule has 0 unspecified atom stereocenters. The fraction of sp³-hybridized carbons (Fsp3) is 0.625. The molecule has 0 heterocycles. The van der Waals surface area contributed by atoms with Crippen LogP contribution >= 0.6 is 0 Å². The summed E-state index contributed by atoms with van der Waals surface area (Å²) in [5, 5.41) is 3.43. The lowest BCUT2D eigenvalue weighted by Gasteiger charge is -2.24. The summed E-state index contributed by atoms with van der Waals surface area (Å²) in [6.07, 6.45) is 6.01. The average Bonchev–Trinajstić information content (AvgIpc) is 2.55. The fourth-order valence-electron chi connectivity index (χ4n) is 2.34. The first-order valence-corrected chi connectivity index (χ1v) is 9.64. The summed E-state index contributed by atoms with van der Waals surface area (Å²) in [6.45, 7) is 1.04. The van der Waals surface area contributed by atoms with Crippen LogP contribution in [0.3, 0.4) is 0 Å². The van der Waals surface area contributed by atoms with Gasteiger partial charge in [0.15, 0.2) is 0 Å². The highest BCUT2D eigenvalue weighted by atomic mass is 28.4. The molecule has 0 saturated carbocycles. The Kier molecular flexibility index (Phi) is 9.33. The number of hydrogen-bond donors (Lipinski definition) is 1. The molecule has 5 heteroatoms. The molecule has 21 heavy (non-hydrogen) atoms. The molecule has 120 valence electrons. The van der Waals surface area contributed by atoms with Crippen LogP contribution in [0.25, 0.3) is 0 Å². The van der Waals surface area contributed by atoms with Crippen molar-refractivity contribution < 1.29 is 13.3 Å². The Labute approximate surface area is 130 Å². The van der Waals surface area contributed by atoms with Crippen LogP contribution in [0.15, 0.2) is 30.3 Å². The second-order valence-electron chi connectivity index (χ2n) is 5.11. The number of hydrogen-bond acceptors (Lipinski definition) is 4. The van der Waals surface area contributed by atoms with E-state index < -0.39 is 8.80 Å². The molecule has 1 aromatic carbocycles. The van der Waals surface area contributed by atoms with Crippen LogP contribution in [-0.4, -0.2) is 36.7 Å². The third kappa shape index (κ3) is 7.08. The van der Waals surface area contributed by atoms with E-state index in [1.807, 2.05) is 6.07 Å². The zero-order valence-electron chi connectivity index (χ0n) is 13.6. The molecule has 1 aromatic rings. The molecule has 0 radical (unpaired) electrons. The molecule has 0 saturated heterocycles. The lowest BCUT2D eigenvalue weighted by atomic mass is 10.1. The molecular formula is C16H29NO3Si. The highest BCUT2D eigenvalue weighted by Gasteiger charge is 2.36. The number of anilines is 1. The van der Waals surface area contributed by atoms with Crippen molar-refractivity contribution in [2.24, 2.45) is 0 Å². The zero-order valence-corrected chi connectivity index (χ0v) is 14.6. The molecule has 4 nitrogen and oxygen atoms in total. The Hall–Kier alpha value is -0.883. The van der Waals surface area contributed by atoms with Crippen molar-refractivity contribution in [3.05, 3.63) is 30.3 Å². The lowest BCUT2D eigenvalue weighted by Crippen LogP contribution is -2.42. The molecule has 0 aromatic heterocycles. The van der Waals surface area contributed by atoms with E-state index in [1.165, 1.54) is 31.4 Å². The van der Waals surface area contributed by atoms with Crippen molar-refractivity contribution >= 4 is 14.5 Å². The summed E-state index contributed by atoms with van der Waals surface area (Å²) in [5.41, 5.74) is 1.20. The van der Waals surface area contributed by atoms with E-state index in [0.717, 1.165) is 19.0 Å². The smallest absolute Gasteiger partial charge is 0.385 e. The molecular weight excluding hydrogens is 282 g/mol. The van der Waals surface area contributed by atoms with Crippen molar-refractivity contribution in [3.63, 3.8) is 0 Å². The number of para-hydroxylation sites is 1. The van der Waals surface area contributed by atoms with Crippen LogP contribution in [0.1, 0.15) is 32.1 Å². The maximum atomic E-state index is 5.41. The van der Waals surface area contributed by atoms with E-state index in [-0.39, 0.29) is 0 Å². The van der Waals surface area contributed by atoms with Gasteiger partial charge in [0, 0.05) is 39.6 Å². The Morgan fingerprint density at radius 1 is 0.810 bits per heavy atom. The topological polar surface area (TPSA) is 39.7 Å². The molecule has 0 bridgehead atoms. The maximum Gasteiger partial charge on any atom is 0.500 e. The van der Waals surface area contributed by atoms with Crippen LogP contribution in [0.4, 0.5) is 5.69 Å². The van der Waals surface area contributed by atoms with Gasteiger partial charge in [-0.05, 0) is 25.0 Å². The summed E-state index contributed by atoms with van der Waals surface area (Å²) >= 11 is 0. The SMILES string of the molecule is CO[Si](CCCCCCCNc1ccccc1)(OC)OC. The van der Waals surface area contributed by atoms with Crippen molar-refractivity contribution in [2.45, 2.75) is 38.1 Å². The van der Waals surface area contributed by atoms with Gasteiger partial charge in [0.1, 0.15) is 0 Å². The van der Waals surface area contributed by atoms with Gasteiger partial charge >= 0.3 is 8.80 Å². The monoisotopic (exact) mass is 311 g/mol. The first kappa shape index (κ1) is 18.2. The number of rotatable bonds is 12. The van der Waals surface area contributed by atoms with E-state index in [0.29, 0.717) is 0 Å². The lowest BCUT2D eigenvalue weighted by molar-refractivity contribution is 0.122. The molecule has 0 aliphatic carbocycles. The van der Waals surface area contributed by atoms with Crippen molar-refractivity contribution in [2.75, 3.05) is 33.2 Å². The fourth-order valence-corrected chi connectivity index (χ4v) is 4.14. The van der Waals surface area contributed by atoms with Gasteiger partial charge in [0.05, 0.1) is 0 Å². The minimum Gasteiger partial charge on any atom is -0.385 e.